The minimum absolute atomic E-state index is 0.570. The summed E-state index contributed by atoms with van der Waals surface area (Å²) in [6.07, 6.45) is 0. The molecule has 0 rings (SSSR count). The first kappa shape index (κ1) is 11.1. The molecular weight excluding hydrogens is 158 g/mol. The third-order valence-corrected chi connectivity index (χ3v) is 1.13. The molecule has 0 radical (unpaired) electrons. The molecule has 0 saturated heterocycles. The van der Waals surface area contributed by atoms with Crippen LogP contribution in [0, 0.1) is 4.91 Å². The van der Waals surface area contributed by atoms with Gasteiger partial charge in [0.15, 0.2) is 5.54 Å². The maximum Gasteiger partial charge on any atom is 0.337 e. The molecule has 0 saturated carbocycles. The Morgan fingerprint density at radius 1 is 1.17 bits per heavy atom. The highest BCUT2D eigenvalue weighted by molar-refractivity contribution is 5.80. The summed E-state index contributed by atoms with van der Waals surface area (Å²) in [4.78, 5) is 21.4. The highest BCUT2D eigenvalue weighted by Crippen LogP contribution is 2.16. The predicted octanol–water partition coefficient (Wildman–Crippen LogP) is 1.87. The van der Waals surface area contributed by atoms with Crippen molar-refractivity contribution in [3.05, 3.63) is 4.91 Å². The Bertz CT molecular complexity index is 191. The van der Waals surface area contributed by atoms with Crippen LogP contribution in [0.1, 0.15) is 34.6 Å². The summed E-state index contributed by atoms with van der Waals surface area (Å²) in [7, 11) is 0. The third-order valence-electron chi connectivity index (χ3n) is 1.13. The van der Waals surface area contributed by atoms with E-state index in [2.05, 4.69) is 5.18 Å². The highest BCUT2D eigenvalue weighted by Gasteiger charge is 2.33. The molecule has 0 aliphatic rings. The standard InChI is InChI=1S/C8H15NO3/c1-7(2,3)12-6(10)8(4,5)9-11/h1-5H3. The summed E-state index contributed by atoms with van der Waals surface area (Å²) in [5.74, 6) is -0.593. The molecular formula is C8H15NO3. The Morgan fingerprint density at radius 2 is 1.58 bits per heavy atom. The van der Waals surface area contributed by atoms with E-state index in [0.717, 1.165) is 0 Å². The van der Waals surface area contributed by atoms with Gasteiger partial charge in [-0.2, -0.15) is 0 Å². The Labute approximate surface area is 72.3 Å². The quantitative estimate of drug-likeness (QED) is 0.473. The Morgan fingerprint density at radius 3 is 1.83 bits per heavy atom. The first-order valence-electron chi connectivity index (χ1n) is 3.77. The average molecular weight is 173 g/mol. The van der Waals surface area contributed by atoms with E-state index in [1.165, 1.54) is 13.8 Å². The van der Waals surface area contributed by atoms with E-state index in [1.807, 2.05) is 0 Å². The lowest BCUT2D eigenvalue weighted by Gasteiger charge is -2.23. The van der Waals surface area contributed by atoms with Gasteiger partial charge in [-0.15, -0.1) is 4.91 Å². The molecule has 4 heteroatoms. The van der Waals surface area contributed by atoms with Crippen molar-refractivity contribution in [1.82, 2.24) is 0 Å². The van der Waals surface area contributed by atoms with Crippen LogP contribution in [-0.4, -0.2) is 17.1 Å². The topological polar surface area (TPSA) is 55.7 Å². The second kappa shape index (κ2) is 3.21. The van der Waals surface area contributed by atoms with Crippen molar-refractivity contribution in [2.24, 2.45) is 5.18 Å². The molecule has 0 heterocycles. The largest absolute Gasteiger partial charge is 0.458 e. The van der Waals surface area contributed by atoms with Gasteiger partial charge in [0.2, 0.25) is 0 Å². The van der Waals surface area contributed by atoms with E-state index in [1.54, 1.807) is 20.8 Å². The van der Waals surface area contributed by atoms with Crippen molar-refractivity contribution in [3.8, 4) is 0 Å². The van der Waals surface area contributed by atoms with Crippen LogP contribution < -0.4 is 0 Å². The molecule has 0 N–H and O–H groups in total. The van der Waals surface area contributed by atoms with Crippen molar-refractivity contribution >= 4 is 5.97 Å². The number of ether oxygens (including phenoxy) is 1. The summed E-state index contributed by atoms with van der Waals surface area (Å²) >= 11 is 0. The van der Waals surface area contributed by atoms with Crippen LogP contribution >= 0.6 is 0 Å². The maximum atomic E-state index is 11.2. The van der Waals surface area contributed by atoms with Crippen LogP contribution in [0.5, 0.6) is 0 Å². The Hall–Kier alpha value is -0.930. The molecule has 0 aliphatic carbocycles. The second-order valence-corrected chi connectivity index (χ2v) is 4.15. The third kappa shape index (κ3) is 3.46. The monoisotopic (exact) mass is 173 g/mol. The molecule has 0 bridgehead atoms. The van der Waals surface area contributed by atoms with Crippen molar-refractivity contribution in [2.45, 2.75) is 45.8 Å². The summed E-state index contributed by atoms with van der Waals surface area (Å²) in [5, 5.41) is 2.68. The second-order valence-electron chi connectivity index (χ2n) is 4.15. The zero-order valence-electron chi connectivity index (χ0n) is 8.17. The molecule has 0 amide bonds. The number of carbonyl (C=O) groups excluding carboxylic acids is 1. The van der Waals surface area contributed by atoms with Gasteiger partial charge < -0.3 is 4.74 Å². The molecule has 0 atom stereocenters. The molecule has 0 spiro atoms. The van der Waals surface area contributed by atoms with Gasteiger partial charge in [0.25, 0.3) is 0 Å². The number of hydrogen-bond donors (Lipinski definition) is 0. The van der Waals surface area contributed by atoms with Gasteiger partial charge in [0.1, 0.15) is 5.60 Å². The number of rotatable bonds is 2. The van der Waals surface area contributed by atoms with E-state index in [9.17, 15) is 9.70 Å². The van der Waals surface area contributed by atoms with Crippen molar-refractivity contribution in [1.29, 1.82) is 0 Å². The normalized spacial score (nSPS) is 12.4. The molecule has 4 nitrogen and oxygen atoms in total. The fraction of sp³-hybridized carbons (Fsp3) is 0.875. The summed E-state index contributed by atoms with van der Waals surface area (Å²) < 4.78 is 4.96. The van der Waals surface area contributed by atoms with E-state index >= 15 is 0 Å². The van der Waals surface area contributed by atoms with Crippen LogP contribution in [0.2, 0.25) is 0 Å². The number of esters is 1. The first-order chi connectivity index (χ1) is 5.19. The van der Waals surface area contributed by atoms with Gasteiger partial charge in [0, 0.05) is 0 Å². The van der Waals surface area contributed by atoms with E-state index < -0.39 is 17.1 Å². The lowest BCUT2D eigenvalue weighted by Crippen LogP contribution is -2.36. The molecule has 0 aromatic carbocycles. The smallest absolute Gasteiger partial charge is 0.337 e. The SMILES string of the molecule is CC(C)(C)OC(=O)C(C)(C)N=O. The van der Waals surface area contributed by atoms with Crippen molar-refractivity contribution in [2.75, 3.05) is 0 Å². The highest BCUT2D eigenvalue weighted by atomic mass is 16.6. The van der Waals surface area contributed by atoms with Crippen LogP contribution in [-0.2, 0) is 9.53 Å². The lowest BCUT2D eigenvalue weighted by atomic mass is 10.1. The van der Waals surface area contributed by atoms with Crippen LogP contribution in [0.25, 0.3) is 0 Å². The van der Waals surface area contributed by atoms with E-state index in [0.29, 0.717) is 0 Å². The van der Waals surface area contributed by atoms with Gasteiger partial charge in [-0.1, -0.05) is 5.18 Å². The minimum atomic E-state index is -1.28. The van der Waals surface area contributed by atoms with Crippen molar-refractivity contribution < 1.29 is 9.53 Å². The van der Waals surface area contributed by atoms with Gasteiger partial charge in [-0.05, 0) is 34.6 Å². The molecule has 0 aliphatic heterocycles. The molecule has 0 aromatic rings. The van der Waals surface area contributed by atoms with Gasteiger partial charge >= 0.3 is 5.97 Å². The van der Waals surface area contributed by atoms with E-state index in [-0.39, 0.29) is 0 Å². The van der Waals surface area contributed by atoms with Gasteiger partial charge in [-0.25, -0.2) is 4.79 Å². The minimum Gasteiger partial charge on any atom is -0.458 e. The summed E-state index contributed by atoms with van der Waals surface area (Å²) in [6, 6.07) is 0. The number of nitrogens with zero attached hydrogens (tertiary/aromatic N) is 1. The fourth-order valence-corrected chi connectivity index (χ4v) is 0.440. The molecule has 12 heavy (non-hydrogen) atoms. The predicted molar refractivity (Wildman–Crippen MR) is 45.7 cm³/mol. The number of hydrogen-bond acceptors (Lipinski definition) is 4. The van der Waals surface area contributed by atoms with Gasteiger partial charge in [-0.3, -0.25) is 0 Å². The Balaban J connectivity index is 4.33. The Kier molecular flexibility index (Phi) is 2.96. The lowest BCUT2D eigenvalue weighted by molar-refractivity contribution is -0.160. The fourth-order valence-electron chi connectivity index (χ4n) is 0.440. The zero-order chi connectivity index (χ0) is 9.99. The molecule has 0 aromatic heterocycles. The number of carbonyl (C=O) groups is 1. The summed E-state index contributed by atoms with van der Waals surface area (Å²) in [6.45, 7) is 8.07. The number of nitroso groups, excluding NO2 is 1. The van der Waals surface area contributed by atoms with Crippen LogP contribution in [0.3, 0.4) is 0 Å². The molecule has 70 valence electrons. The first-order valence-corrected chi connectivity index (χ1v) is 3.77. The van der Waals surface area contributed by atoms with Crippen LogP contribution in [0.4, 0.5) is 0 Å². The zero-order valence-corrected chi connectivity index (χ0v) is 8.17. The van der Waals surface area contributed by atoms with Crippen molar-refractivity contribution in [3.63, 3.8) is 0 Å². The van der Waals surface area contributed by atoms with E-state index in [4.69, 9.17) is 4.74 Å². The van der Waals surface area contributed by atoms with Gasteiger partial charge in [0.05, 0.1) is 0 Å². The molecule has 0 fully saturated rings. The summed E-state index contributed by atoms with van der Waals surface area (Å²) in [5.41, 5.74) is -1.85. The maximum absolute atomic E-state index is 11.2. The average Bonchev–Trinajstić information content (AvgIpc) is 1.84. The van der Waals surface area contributed by atoms with Crippen LogP contribution in [0.15, 0.2) is 5.18 Å². The molecule has 0 unspecified atom stereocenters.